The Kier molecular flexibility index (Phi) is 6.04. The lowest BCUT2D eigenvalue weighted by Gasteiger charge is -2.12. The van der Waals surface area contributed by atoms with Crippen LogP contribution in [0.1, 0.15) is 22.8 Å². The van der Waals surface area contributed by atoms with Gasteiger partial charge in [-0.05, 0) is 61.5 Å². The van der Waals surface area contributed by atoms with Gasteiger partial charge in [0.1, 0.15) is 11.5 Å². The van der Waals surface area contributed by atoms with Crippen molar-refractivity contribution in [1.29, 1.82) is 0 Å². The molecule has 3 aromatic rings. The molecular weight excluding hydrogens is 406 g/mol. The van der Waals surface area contributed by atoms with Crippen molar-refractivity contribution in [3.05, 3.63) is 88.4 Å². The Morgan fingerprint density at radius 1 is 0.963 bits per heavy atom. The van der Waals surface area contributed by atoms with E-state index in [1.165, 1.54) is 6.92 Å². The van der Waals surface area contributed by atoms with Gasteiger partial charge in [-0.15, -0.1) is 0 Å². The fourth-order valence-corrected chi connectivity index (χ4v) is 2.83. The molecule has 0 N–H and O–H groups in total. The summed E-state index contributed by atoms with van der Waals surface area (Å²) in [5, 5.41) is 0. The SMILES string of the molecule is COc1ccc(N=C(Oc2ccc(Br)cc2C(C)=O)c2ccccc2)cc1. The van der Waals surface area contributed by atoms with Crippen molar-refractivity contribution in [1.82, 2.24) is 0 Å². The molecule has 0 aliphatic rings. The third-order valence-corrected chi connectivity index (χ3v) is 4.34. The maximum atomic E-state index is 12.0. The van der Waals surface area contributed by atoms with Crippen LogP contribution in [-0.4, -0.2) is 18.8 Å². The van der Waals surface area contributed by atoms with E-state index in [-0.39, 0.29) is 5.78 Å². The number of aliphatic imine (C=N–C) groups is 1. The third-order valence-electron chi connectivity index (χ3n) is 3.85. The molecule has 27 heavy (non-hydrogen) atoms. The molecule has 0 radical (unpaired) electrons. The lowest BCUT2D eigenvalue weighted by Crippen LogP contribution is -2.12. The van der Waals surface area contributed by atoms with E-state index < -0.39 is 0 Å². The molecule has 0 aromatic heterocycles. The van der Waals surface area contributed by atoms with E-state index >= 15 is 0 Å². The fraction of sp³-hybridized carbons (Fsp3) is 0.0909. The predicted octanol–water partition coefficient (Wildman–Crippen LogP) is 5.82. The van der Waals surface area contributed by atoms with Crippen LogP contribution in [0.3, 0.4) is 0 Å². The standard InChI is InChI=1S/C22H18BrNO3/c1-15(25)20-14-17(23)8-13-21(20)27-22(16-6-4-3-5-7-16)24-18-9-11-19(26-2)12-10-18/h3-14H,1-2H3. The molecule has 0 spiro atoms. The number of benzene rings is 3. The van der Waals surface area contributed by atoms with Gasteiger partial charge in [0.25, 0.3) is 0 Å². The maximum absolute atomic E-state index is 12.0. The molecule has 0 unspecified atom stereocenters. The summed E-state index contributed by atoms with van der Waals surface area (Å²) in [4.78, 5) is 16.6. The van der Waals surface area contributed by atoms with Gasteiger partial charge in [-0.1, -0.05) is 34.1 Å². The van der Waals surface area contributed by atoms with Crippen LogP contribution in [0.15, 0.2) is 82.3 Å². The van der Waals surface area contributed by atoms with Crippen LogP contribution in [0.4, 0.5) is 5.69 Å². The van der Waals surface area contributed by atoms with Crippen molar-refractivity contribution < 1.29 is 14.3 Å². The molecule has 0 atom stereocenters. The zero-order valence-electron chi connectivity index (χ0n) is 15.0. The molecule has 0 fully saturated rings. The highest BCUT2D eigenvalue weighted by atomic mass is 79.9. The van der Waals surface area contributed by atoms with Crippen molar-refractivity contribution in [2.75, 3.05) is 7.11 Å². The quantitative estimate of drug-likeness (QED) is 0.295. The van der Waals surface area contributed by atoms with Gasteiger partial charge < -0.3 is 9.47 Å². The lowest BCUT2D eigenvalue weighted by atomic mass is 10.1. The highest BCUT2D eigenvalue weighted by Gasteiger charge is 2.14. The maximum Gasteiger partial charge on any atom is 0.227 e. The highest BCUT2D eigenvalue weighted by molar-refractivity contribution is 9.10. The molecule has 4 nitrogen and oxygen atoms in total. The van der Waals surface area contributed by atoms with Crippen LogP contribution < -0.4 is 9.47 Å². The molecule has 3 aromatic carbocycles. The minimum Gasteiger partial charge on any atom is -0.497 e. The predicted molar refractivity (Wildman–Crippen MR) is 110 cm³/mol. The van der Waals surface area contributed by atoms with Crippen molar-refractivity contribution in [3.8, 4) is 11.5 Å². The van der Waals surface area contributed by atoms with Crippen LogP contribution >= 0.6 is 15.9 Å². The van der Waals surface area contributed by atoms with E-state index in [0.717, 1.165) is 21.5 Å². The van der Waals surface area contributed by atoms with Gasteiger partial charge in [-0.25, -0.2) is 4.99 Å². The number of halogens is 1. The summed E-state index contributed by atoms with van der Waals surface area (Å²) in [5.41, 5.74) is 2.02. The molecule has 0 heterocycles. The molecule has 0 aliphatic heterocycles. The Labute approximate surface area is 166 Å². The number of nitrogens with zero attached hydrogens (tertiary/aromatic N) is 1. The van der Waals surface area contributed by atoms with E-state index in [1.54, 1.807) is 19.2 Å². The molecule has 5 heteroatoms. The molecule has 0 amide bonds. The van der Waals surface area contributed by atoms with Crippen LogP contribution in [0.2, 0.25) is 0 Å². The zero-order valence-corrected chi connectivity index (χ0v) is 16.6. The van der Waals surface area contributed by atoms with E-state index in [9.17, 15) is 4.79 Å². The number of hydrogen-bond acceptors (Lipinski definition) is 4. The highest BCUT2D eigenvalue weighted by Crippen LogP contribution is 2.26. The van der Waals surface area contributed by atoms with Crippen LogP contribution in [0.25, 0.3) is 0 Å². The van der Waals surface area contributed by atoms with E-state index in [0.29, 0.717) is 17.2 Å². The monoisotopic (exact) mass is 423 g/mol. The number of ether oxygens (including phenoxy) is 2. The van der Waals surface area contributed by atoms with E-state index in [1.807, 2.05) is 60.7 Å². The normalized spacial score (nSPS) is 11.1. The average molecular weight is 424 g/mol. The van der Waals surface area contributed by atoms with Crippen LogP contribution in [0, 0.1) is 0 Å². The number of methoxy groups -OCH3 is 1. The van der Waals surface area contributed by atoms with Crippen LogP contribution in [-0.2, 0) is 0 Å². The average Bonchev–Trinajstić information content (AvgIpc) is 2.69. The number of carbonyl (C=O) groups excluding carboxylic acids is 1. The molecule has 136 valence electrons. The Hall–Kier alpha value is -2.92. The Bertz CT molecular complexity index is 967. The van der Waals surface area contributed by atoms with E-state index in [4.69, 9.17) is 9.47 Å². The first-order chi connectivity index (χ1) is 13.1. The smallest absolute Gasteiger partial charge is 0.227 e. The summed E-state index contributed by atoms with van der Waals surface area (Å²) in [6, 6.07) is 22.3. The van der Waals surface area contributed by atoms with Crippen LogP contribution in [0.5, 0.6) is 11.5 Å². The summed E-state index contributed by atoms with van der Waals surface area (Å²) in [6.45, 7) is 1.51. The van der Waals surface area contributed by atoms with E-state index in [2.05, 4.69) is 20.9 Å². The van der Waals surface area contributed by atoms with Crippen molar-refractivity contribution >= 4 is 33.3 Å². The van der Waals surface area contributed by atoms with Crippen molar-refractivity contribution in [2.24, 2.45) is 4.99 Å². The number of hydrogen-bond donors (Lipinski definition) is 0. The molecule has 0 aliphatic carbocycles. The van der Waals surface area contributed by atoms with Gasteiger partial charge in [0.2, 0.25) is 5.90 Å². The van der Waals surface area contributed by atoms with Gasteiger partial charge >= 0.3 is 0 Å². The fourth-order valence-electron chi connectivity index (χ4n) is 2.47. The van der Waals surface area contributed by atoms with Crippen molar-refractivity contribution in [3.63, 3.8) is 0 Å². The Morgan fingerprint density at radius 3 is 2.30 bits per heavy atom. The molecule has 3 rings (SSSR count). The third kappa shape index (κ3) is 4.83. The second-order valence-electron chi connectivity index (χ2n) is 5.78. The minimum absolute atomic E-state index is 0.0804. The van der Waals surface area contributed by atoms with Gasteiger partial charge in [0.05, 0.1) is 18.4 Å². The summed E-state index contributed by atoms with van der Waals surface area (Å²) in [5.74, 6) is 1.54. The summed E-state index contributed by atoms with van der Waals surface area (Å²) in [6.07, 6.45) is 0. The Morgan fingerprint density at radius 2 is 1.67 bits per heavy atom. The first kappa shape index (κ1) is 18.9. The first-order valence-corrected chi connectivity index (χ1v) is 9.12. The summed E-state index contributed by atoms with van der Waals surface area (Å²) < 4.78 is 12.1. The number of ketones is 1. The number of rotatable bonds is 5. The zero-order chi connectivity index (χ0) is 19.2. The topological polar surface area (TPSA) is 47.9 Å². The first-order valence-electron chi connectivity index (χ1n) is 8.33. The lowest BCUT2D eigenvalue weighted by molar-refractivity contribution is 0.101. The van der Waals surface area contributed by atoms with Gasteiger partial charge in [0, 0.05) is 10.0 Å². The minimum atomic E-state index is -0.0804. The van der Waals surface area contributed by atoms with Crippen molar-refractivity contribution in [2.45, 2.75) is 6.92 Å². The Balaban J connectivity index is 2.03. The molecule has 0 saturated heterocycles. The second kappa shape index (κ2) is 8.64. The molecule has 0 saturated carbocycles. The molecular formula is C22H18BrNO3. The molecule has 0 bridgehead atoms. The van der Waals surface area contributed by atoms with Gasteiger partial charge in [0.15, 0.2) is 5.78 Å². The van der Waals surface area contributed by atoms with Gasteiger partial charge in [-0.3, -0.25) is 4.79 Å². The summed E-state index contributed by atoms with van der Waals surface area (Å²) >= 11 is 3.39. The number of carbonyl (C=O) groups is 1. The summed E-state index contributed by atoms with van der Waals surface area (Å²) in [7, 11) is 1.62. The largest absolute Gasteiger partial charge is 0.497 e. The van der Waals surface area contributed by atoms with Gasteiger partial charge in [-0.2, -0.15) is 0 Å². The second-order valence-corrected chi connectivity index (χ2v) is 6.70. The number of Topliss-reactive ketones (excluding diaryl/α,β-unsaturated/α-hetero) is 1.